The van der Waals surface area contributed by atoms with Crippen molar-refractivity contribution < 1.29 is 13.6 Å². The molecule has 2 atom stereocenters. The zero-order chi connectivity index (χ0) is 27.2. The van der Waals surface area contributed by atoms with Gasteiger partial charge in [0.2, 0.25) is 11.8 Å². The minimum atomic E-state index is -2.75. The molecule has 0 aromatic carbocycles. The number of anilines is 1. The lowest BCUT2D eigenvalue weighted by Gasteiger charge is -2.46. The molecule has 4 heterocycles. The maximum atomic E-state index is 14.0. The minimum absolute atomic E-state index is 0.0104. The molecule has 10 heteroatoms. The van der Waals surface area contributed by atoms with Crippen molar-refractivity contribution in [3.63, 3.8) is 0 Å². The van der Waals surface area contributed by atoms with Crippen LogP contribution in [0.15, 0.2) is 6.20 Å². The first kappa shape index (κ1) is 27.7. The molecule has 2 aliphatic rings. The van der Waals surface area contributed by atoms with E-state index in [0.29, 0.717) is 25.0 Å². The van der Waals surface area contributed by atoms with Crippen molar-refractivity contribution >= 4 is 17.5 Å². The maximum Gasteiger partial charge on any atom is 0.252 e. The Bertz CT molecular complexity index is 1120. The summed E-state index contributed by atoms with van der Waals surface area (Å²) in [6, 6.07) is 0. The van der Waals surface area contributed by atoms with Crippen LogP contribution in [0.3, 0.4) is 0 Å². The second-order valence-electron chi connectivity index (χ2n) is 12.5. The van der Waals surface area contributed by atoms with Gasteiger partial charge in [-0.05, 0) is 53.5 Å². The number of alkyl halides is 2. The summed E-state index contributed by atoms with van der Waals surface area (Å²) in [7, 11) is 2.14. The van der Waals surface area contributed by atoms with Crippen molar-refractivity contribution in [3.05, 3.63) is 17.6 Å². The number of hydrogen-bond acceptors (Lipinski definition) is 6. The SMILES string of the molecule is CC(CCC(C)(C)C(C)(F)F)c1cn2nc(C[C@H]3CCCNC3=O)c(N3CCN(C)C(C)(C)C3)nc2n1. The Balaban J connectivity index is 1.64. The van der Waals surface area contributed by atoms with E-state index in [1.165, 1.54) is 0 Å². The highest BCUT2D eigenvalue weighted by Gasteiger charge is 2.41. The van der Waals surface area contributed by atoms with Crippen LogP contribution in [0.2, 0.25) is 0 Å². The number of hydrogen-bond donors (Lipinski definition) is 1. The Hall–Kier alpha value is -2.36. The average molecular weight is 520 g/mol. The van der Waals surface area contributed by atoms with Crippen LogP contribution in [0.5, 0.6) is 0 Å². The molecule has 1 amide bonds. The highest BCUT2D eigenvalue weighted by atomic mass is 19.3. The summed E-state index contributed by atoms with van der Waals surface area (Å²) in [6.45, 7) is 13.9. The average Bonchev–Trinajstić information content (AvgIpc) is 3.22. The van der Waals surface area contributed by atoms with Crippen molar-refractivity contribution in [3.8, 4) is 0 Å². The van der Waals surface area contributed by atoms with E-state index < -0.39 is 11.3 Å². The number of carbonyl (C=O) groups is 1. The third-order valence-electron chi connectivity index (χ3n) is 8.73. The fourth-order valence-electron chi connectivity index (χ4n) is 5.11. The number of carbonyl (C=O) groups excluding carboxylic acids is 1. The molecule has 2 fully saturated rings. The van der Waals surface area contributed by atoms with Crippen molar-refractivity contribution in [2.24, 2.45) is 11.3 Å². The highest BCUT2D eigenvalue weighted by molar-refractivity contribution is 5.79. The molecule has 37 heavy (non-hydrogen) atoms. The summed E-state index contributed by atoms with van der Waals surface area (Å²) in [5.74, 6) is -1.51. The first-order valence-corrected chi connectivity index (χ1v) is 13.6. The molecular formula is C27H43F2N7O. The number of nitrogens with one attached hydrogen (secondary N) is 1. The summed E-state index contributed by atoms with van der Waals surface area (Å²) in [6.07, 6.45) is 5.17. The van der Waals surface area contributed by atoms with Crippen LogP contribution in [0.4, 0.5) is 14.6 Å². The number of nitrogens with zero attached hydrogens (tertiary/aromatic N) is 6. The molecule has 206 valence electrons. The Morgan fingerprint density at radius 2 is 1.95 bits per heavy atom. The van der Waals surface area contributed by atoms with Crippen molar-refractivity contribution in [2.45, 2.75) is 91.0 Å². The first-order valence-electron chi connectivity index (χ1n) is 13.6. The van der Waals surface area contributed by atoms with Crippen molar-refractivity contribution in [2.75, 3.05) is 38.1 Å². The molecule has 2 saturated heterocycles. The molecule has 4 rings (SSSR count). The van der Waals surface area contributed by atoms with Crippen LogP contribution in [0, 0.1) is 11.3 Å². The molecule has 1 N–H and O–H groups in total. The van der Waals surface area contributed by atoms with Crippen molar-refractivity contribution in [1.29, 1.82) is 0 Å². The van der Waals surface area contributed by atoms with E-state index in [-0.39, 0.29) is 23.3 Å². The fraction of sp³-hybridized carbons (Fsp3) is 0.778. The van der Waals surface area contributed by atoms with Crippen LogP contribution in [0.1, 0.15) is 84.5 Å². The van der Waals surface area contributed by atoms with Crippen LogP contribution in [-0.4, -0.2) is 75.1 Å². The minimum Gasteiger partial charge on any atom is -0.356 e. The van der Waals surface area contributed by atoms with Gasteiger partial charge >= 0.3 is 0 Å². The molecule has 2 aliphatic heterocycles. The summed E-state index contributed by atoms with van der Waals surface area (Å²) < 4.78 is 29.7. The Kier molecular flexibility index (Phi) is 7.53. The second-order valence-corrected chi connectivity index (χ2v) is 12.5. The molecule has 0 radical (unpaired) electrons. The standard InChI is InChI=1S/C27H43F2N7O/c1-18(10-11-25(2,3)27(6,28)29)21-16-36-24(31-21)32-22(35-14-13-34(7)26(4,5)17-35)20(33-36)15-19-9-8-12-30-23(19)37/h16,18-19H,8-15,17H2,1-7H3,(H,30,37)/t18?,19-/m1/s1. The zero-order valence-electron chi connectivity index (χ0n) is 23.4. The zero-order valence-corrected chi connectivity index (χ0v) is 23.4. The monoisotopic (exact) mass is 519 g/mol. The Morgan fingerprint density at radius 3 is 2.59 bits per heavy atom. The number of fused-ring (bicyclic) bond motifs is 1. The lowest BCUT2D eigenvalue weighted by Crippen LogP contribution is -2.58. The number of halogens is 2. The molecule has 0 aliphatic carbocycles. The van der Waals surface area contributed by atoms with Gasteiger partial charge in [0.1, 0.15) is 5.69 Å². The normalized spacial score (nSPS) is 22.4. The van der Waals surface area contributed by atoms with E-state index in [9.17, 15) is 13.6 Å². The van der Waals surface area contributed by atoms with E-state index in [4.69, 9.17) is 15.1 Å². The van der Waals surface area contributed by atoms with E-state index in [2.05, 4.69) is 36.0 Å². The number of piperidine rings is 1. The third-order valence-corrected chi connectivity index (χ3v) is 8.73. The summed E-state index contributed by atoms with van der Waals surface area (Å²) in [5, 5.41) is 7.92. The number of amides is 1. The van der Waals surface area contributed by atoms with Gasteiger partial charge in [0.15, 0.2) is 5.82 Å². The highest BCUT2D eigenvalue weighted by Crippen LogP contribution is 2.41. The van der Waals surface area contributed by atoms with Crippen LogP contribution in [0.25, 0.3) is 5.78 Å². The number of rotatable bonds is 8. The molecule has 1 unspecified atom stereocenters. The van der Waals surface area contributed by atoms with Gasteiger partial charge in [-0.3, -0.25) is 9.69 Å². The third kappa shape index (κ3) is 5.89. The van der Waals surface area contributed by atoms with Crippen LogP contribution < -0.4 is 10.2 Å². The summed E-state index contributed by atoms with van der Waals surface area (Å²) in [4.78, 5) is 26.9. The van der Waals surface area contributed by atoms with Gasteiger partial charge in [0.25, 0.3) is 5.78 Å². The van der Waals surface area contributed by atoms with Crippen LogP contribution in [-0.2, 0) is 11.2 Å². The van der Waals surface area contributed by atoms with E-state index in [0.717, 1.165) is 63.2 Å². The molecule has 0 spiro atoms. The second kappa shape index (κ2) is 10.1. The van der Waals surface area contributed by atoms with Gasteiger partial charge in [0.05, 0.1) is 11.9 Å². The van der Waals surface area contributed by atoms with Crippen molar-refractivity contribution in [1.82, 2.24) is 29.8 Å². The Morgan fingerprint density at radius 1 is 1.22 bits per heavy atom. The molecule has 0 saturated carbocycles. The quantitative estimate of drug-likeness (QED) is 0.561. The molecule has 8 nitrogen and oxygen atoms in total. The van der Waals surface area contributed by atoms with Gasteiger partial charge in [-0.25, -0.2) is 18.3 Å². The van der Waals surface area contributed by atoms with Gasteiger partial charge in [-0.15, -0.1) is 0 Å². The van der Waals surface area contributed by atoms with E-state index in [1.807, 2.05) is 13.1 Å². The predicted molar refractivity (Wildman–Crippen MR) is 141 cm³/mol. The van der Waals surface area contributed by atoms with Gasteiger partial charge in [0, 0.05) is 55.4 Å². The lowest BCUT2D eigenvalue weighted by molar-refractivity contribution is -0.126. The summed E-state index contributed by atoms with van der Waals surface area (Å²) >= 11 is 0. The predicted octanol–water partition coefficient (Wildman–Crippen LogP) is 4.29. The van der Waals surface area contributed by atoms with E-state index >= 15 is 0 Å². The maximum absolute atomic E-state index is 14.0. The topological polar surface area (TPSA) is 78.7 Å². The van der Waals surface area contributed by atoms with Crippen LogP contribution >= 0.6 is 0 Å². The largest absolute Gasteiger partial charge is 0.356 e. The number of piperazine rings is 1. The van der Waals surface area contributed by atoms with Gasteiger partial charge in [-0.1, -0.05) is 20.8 Å². The van der Waals surface area contributed by atoms with E-state index in [1.54, 1.807) is 18.4 Å². The molecular weight excluding hydrogens is 476 g/mol. The number of likely N-dealkylation sites (N-methyl/N-ethyl adjacent to an activating group) is 1. The molecule has 0 bridgehead atoms. The fourth-order valence-corrected chi connectivity index (χ4v) is 5.11. The van der Waals surface area contributed by atoms with Gasteiger partial charge in [-0.2, -0.15) is 10.1 Å². The smallest absolute Gasteiger partial charge is 0.252 e. The van der Waals surface area contributed by atoms with Gasteiger partial charge < -0.3 is 10.2 Å². The lowest BCUT2D eigenvalue weighted by atomic mass is 9.79. The Labute approximate surface area is 219 Å². The summed E-state index contributed by atoms with van der Waals surface area (Å²) in [5.41, 5.74) is 0.478. The number of imidazole rings is 1. The first-order chi connectivity index (χ1) is 17.2. The number of aromatic nitrogens is 4. The molecule has 2 aromatic rings. The molecule has 2 aromatic heterocycles.